The van der Waals surface area contributed by atoms with Gasteiger partial charge in [-0.3, -0.25) is 39.0 Å². The van der Waals surface area contributed by atoms with E-state index in [1.54, 1.807) is 31.2 Å². The number of hydrogen-bond donors (Lipinski definition) is 7. The van der Waals surface area contributed by atoms with Gasteiger partial charge in [-0.05, 0) is 51.1 Å². The lowest BCUT2D eigenvalue weighted by Gasteiger charge is -2.26. The fraction of sp³-hybridized carbons (Fsp3) is 0.340. The van der Waals surface area contributed by atoms with Crippen LogP contribution in [0, 0.1) is 0 Å². The van der Waals surface area contributed by atoms with Crippen LogP contribution in [-0.2, 0) is 43.8 Å². The summed E-state index contributed by atoms with van der Waals surface area (Å²) >= 11 is 0. The number of nitrogens with two attached hydrogens (primary N) is 1. The summed E-state index contributed by atoms with van der Waals surface area (Å²) in [5, 5.41) is 27.6. The highest BCUT2D eigenvalue weighted by Crippen LogP contribution is 2.38. The molecule has 3 aromatic heterocycles. The maximum Gasteiger partial charge on any atom is 0.631 e. The lowest BCUT2D eigenvalue weighted by atomic mass is 10.1. The molecule has 88 heavy (non-hydrogen) atoms. The van der Waals surface area contributed by atoms with Crippen molar-refractivity contribution < 1.29 is 108 Å². The molecule has 2 aromatic carbocycles. The average molecular weight is 1300 g/mol. The Balaban J connectivity index is 0.000000598. The van der Waals surface area contributed by atoms with Crippen LogP contribution in [0.1, 0.15) is 105 Å². The van der Waals surface area contributed by atoms with Gasteiger partial charge in [0.1, 0.15) is 19.7 Å². The van der Waals surface area contributed by atoms with Gasteiger partial charge in [0.2, 0.25) is 11.8 Å². The summed E-state index contributed by atoms with van der Waals surface area (Å²) in [6.45, 7) is 9.34. The Morgan fingerprint density at radius 1 is 0.636 bits per heavy atom. The second-order valence-corrected chi connectivity index (χ2v) is 24.1. The summed E-state index contributed by atoms with van der Waals surface area (Å²) in [5.41, 5.74) is 7.77. The van der Waals surface area contributed by atoms with Gasteiger partial charge in [0.15, 0.2) is 44.3 Å². The van der Waals surface area contributed by atoms with Gasteiger partial charge >= 0.3 is 19.3 Å². The number of rotatable bonds is 20. The number of benzene rings is 2. The number of anilines is 2. The zero-order chi connectivity index (χ0) is 64.9. The van der Waals surface area contributed by atoms with Crippen LogP contribution < -0.4 is 50.9 Å². The fourth-order valence-electron chi connectivity index (χ4n) is 7.55. The molecule has 4 amide bonds. The van der Waals surface area contributed by atoms with Crippen LogP contribution in [0.25, 0.3) is 6.08 Å². The minimum Gasteiger partial charge on any atom is -0.491 e. The van der Waals surface area contributed by atoms with E-state index in [0.29, 0.717) is 71.4 Å². The first-order valence-electron chi connectivity index (χ1n) is 25.2. The molecular weight excluding hydrogens is 1220 g/mol. The Morgan fingerprint density at radius 3 is 1.49 bits per heavy atom. The van der Waals surface area contributed by atoms with Crippen molar-refractivity contribution in [1.82, 2.24) is 26.0 Å². The molecule has 0 radical (unpaired) electrons. The zero-order valence-electron chi connectivity index (χ0n) is 49.7. The van der Waals surface area contributed by atoms with Gasteiger partial charge in [0.25, 0.3) is 11.8 Å². The van der Waals surface area contributed by atoms with E-state index in [4.69, 9.17) is 49.2 Å². The molecule has 35 heteroatoms. The highest BCUT2D eigenvalue weighted by atomic mass is 32.2. The van der Waals surface area contributed by atoms with Crippen LogP contribution in [0.5, 0.6) is 34.5 Å². The number of sulfone groups is 3. The van der Waals surface area contributed by atoms with E-state index in [0.717, 1.165) is 29.1 Å². The summed E-state index contributed by atoms with van der Waals surface area (Å²) in [6.07, 6.45) is 8.99. The van der Waals surface area contributed by atoms with Crippen LogP contribution in [0.3, 0.4) is 0 Å². The van der Waals surface area contributed by atoms with Crippen LogP contribution >= 0.6 is 0 Å². The van der Waals surface area contributed by atoms with Crippen molar-refractivity contribution in [2.24, 2.45) is 5.73 Å². The number of nitrogens with zero attached hydrogens (tertiary/aromatic N) is 4. The zero-order valence-corrected chi connectivity index (χ0v) is 52.2. The third-order valence-electron chi connectivity index (χ3n) is 10.8. The molecule has 5 heterocycles. The topological polar surface area (TPSA) is 489 Å². The van der Waals surface area contributed by atoms with E-state index < -0.39 is 84.3 Å². The molecule has 482 valence electrons. The normalized spacial score (nSPS) is 12.7. The van der Waals surface area contributed by atoms with Crippen molar-refractivity contribution in [2.45, 2.75) is 46.7 Å². The Bertz CT molecular complexity index is 3650. The van der Waals surface area contributed by atoms with Crippen LogP contribution in [0.15, 0.2) is 78.6 Å². The van der Waals surface area contributed by atoms with Gasteiger partial charge in [-0.15, -0.1) is 0 Å². The number of ether oxygens (including phenoxy) is 7. The maximum absolute atomic E-state index is 13.3. The van der Waals surface area contributed by atoms with E-state index >= 15 is 0 Å². The number of esters is 2. The molecule has 0 spiro atoms. The van der Waals surface area contributed by atoms with Crippen molar-refractivity contribution in [2.75, 3.05) is 82.1 Å². The highest BCUT2D eigenvalue weighted by molar-refractivity contribution is 7.93. The van der Waals surface area contributed by atoms with Crippen LogP contribution in [-0.4, -0.2) is 180 Å². The summed E-state index contributed by atoms with van der Waals surface area (Å²) in [5.74, 6) is -1.54. The molecule has 2 unspecified atom stereocenters. The van der Waals surface area contributed by atoms with Crippen molar-refractivity contribution in [3.8, 4) is 34.5 Å². The number of fused-ring (bicyclic) bond motifs is 2. The molecule has 0 saturated heterocycles. The number of cyclic esters (lactones) is 2. The first-order chi connectivity index (χ1) is 40.2. The molecule has 2 aliphatic rings. The molecule has 0 fully saturated rings. The molecule has 5 aromatic rings. The molecular formula is C53H71BN8O23S3. The second kappa shape index (κ2) is 35.2. The third kappa shape index (κ3) is 23.9. The van der Waals surface area contributed by atoms with Gasteiger partial charge in [0.05, 0.1) is 134 Å². The van der Waals surface area contributed by atoms with Gasteiger partial charge in [-0.1, -0.05) is 12.1 Å². The largest absolute Gasteiger partial charge is 0.631 e. The average Bonchev–Trinajstić information content (AvgIpc) is 1.71. The quantitative estimate of drug-likeness (QED) is 0.0254. The van der Waals surface area contributed by atoms with Crippen molar-refractivity contribution in [3.05, 3.63) is 118 Å². The molecule has 0 aliphatic carbocycles. The number of pyridine rings is 3. The molecule has 31 nitrogen and oxygen atoms in total. The molecule has 0 bridgehead atoms. The Morgan fingerprint density at radius 2 is 1.06 bits per heavy atom. The van der Waals surface area contributed by atoms with Gasteiger partial charge in [-0.2, -0.15) is 0 Å². The van der Waals surface area contributed by atoms with Gasteiger partial charge in [-0.25, -0.2) is 34.8 Å². The predicted molar refractivity (Wildman–Crippen MR) is 322 cm³/mol. The number of methoxy groups -OCH3 is 3. The lowest BCUT2D eigenvalue weighted by molar-refractivity contribution is -0.115. The summed E-state index contributed by atoms with van der Waals surface area (Å²) in [6, 6.07) is 11.9. The molecule has 2 aliphatic heterocycles. The van der Waals surface area contributed by atoms with Crippen molar-refractivity contribution in [3.63, 3.8) is 0 Å². The summed E-state index contributed by atoms with van der Waals surface area (Å²) in [4.78, 5) is 84.6. The number of carbonyl (C=O) groups is 6. The molecule has 2 atom stereocenters. The number of hydrogen-bond acceptors (Lipinski definition) is 27. The fourth-order valence-corrected chi connectivity index (χ4v) is 9.65. The van der Waals surface area contributed by atoms with E-state index in [2.05, 4.69) is 30.3 Å². The highest BCUT2D eigenvalue weighted by Gasteiger charge is 2.44. The summed E-state index contributed by atoms with van der Waals surface area (Å²) < 4.78 is 105. The Hall–Kier alpha value is -8.68. The molecule has 0 saturated carbocycles. The van der Waals surface area contributed by atoms with Gasteiger partial charge < -0.3 is 76.2 Å². The predicted octanol–water partition coefficient (Wildman–Crippen LogP) is 2.11. The lowest BCUT2D eigenvalue weighted by Crippen LogP contribution is -2.38. The number of carbonyl (C=O) groups excluding carboxylic acids is 6. The minimum absolute atomic E-state index is 0. The Labute approximate surface area is 508 Å². The Kier molecular flexibility index (Phi) is 30.9. The first-order valence-corrected chi connectivity index (χ1v) is 31.3. The maximum atomic E-state index is 13.3. The van der Waals surface area contributed by atoms with E-state index in [1.165, 1.54) is 90.2 Å². The van der Waals surface area contributed by atoms with E-state index in [1.807, 2.05) is 13.8 Å². The third-order valence-corrected chi connectivity index (χ3v) is 13.3. The summed E-state index contributed by atoms with van der Waals surface area (Å²) in [7, 11) is -7.65. The standard InChI is InChI=1S/C21H23N3O7S.C11H18N2O4S.C11H15NO4S.C10H7NO4.BH3O3.H3N.H2O/c1-5-31-17-9-15(22-10-18(17)30-3)16(11-32(4,28)29)24-20(26)13-7-6-8-14(23-12(2)25)19(13)21(24)27;1-4-17-10-5-9(13-6-11(10)16-2)8(12)7-18(3,14)15;1-4-16-10-7-9(5-6-17(3,13)14)12-8-11(10)15-2;1-5(12)11-7-4-2-3-6-8(7)10(14)15-9(6)13;2-1(3)4;;/h6-10,16H,5,11H2,1-4H3,(H,23,25);5-6,8H,4,7,12H2,1-3H3;5-8H,4H2,1-3H3;2-4H,1H3,(H,11,12);2-4H;1H3;1H2/b;;6-5+;;;;. The smallest absolute Gasteiger partial charge is 0.491 e. The monoisotopic (exact) mass is 1290 g/mol. The van der Waals surface area contributed by atoms with Crippen molar-refractivity contribution >= 4 is 89.9 Å². The van der Waals surface area contributed by atoms with Crippen molar-refractivity contribution in [1.29, 1.82) is 0 Å². The SMILES string of the molecule is CC(=O)Nc1cccc2c1C(=O)OC2=O.CCOc1cc(/C=C/S(C)(=O)=O)ncc1OC.CCOc1cc(C(CS(C)(=O)=O)N2C(=O)c3cccc(NC(C)=O)c3C2=O)ncc1OC.CCOc1cc(C(N)CS(C)(=O)=O)ncc1OC.N.O.OB(O)O. The van der Waals surface area contributed by atoms with Gasteiger partial charge in [0, 0.05) is 56.2 Å². The van der Waals surface area contributed by atoms with Crippen LogP contribution in [0.2, 0.25) is 0 Å². The first kappa shape index (κ1) is 77.3. The number of aromatic nitrogens is 3. The number of imide groups is 1. The minimum atomic E-state index is -3.64. The van der Waals surface area contributed by atoms with E-state index in [-0.39, 0.29) is 56.9 Å². The number of amides is 4. The molecule has 12 N–H and O–H groups in total. The van der Waals surface area contributed by atoms with Crippen LogP contribution in [0.4, 0.5) is 11.4 Å². The molecule has 7 rings (SSSR count). The second-order valence-electron chi connectivity index (χ2n) is 17.8. The van der Waals surface area contributed by atoms with E-state index in [9.17, 15) is 54.0 Å². The number of nitrogens with one attached hydrogen (secondary N) is 2.